The van der Waals surface area contributed by atoms with E-state index in [1.807, 2.05) is 0 Å². The van der Waals surface area contributed by atoms with Crippen molar-refractivity contribution in [2.75, 3.05) is 16.8 Å². The standard InChI is InChI=1S/C18H15F3N2O2/c19-18(20,21)14-7-1-2-8-15(14)22-17(25)12-5-3-6-13(11-12)23-10-4-9-16(23)24/h1-3,5-8,11H,4,9-10H2,(H,22,25). The molecule has 0 aliphatic carbocycles. The normalized spacial score (nSPS) is 14.7. The number of carbonyl (C=O) groups is 2. The van der Waals surface area contributed by atoms with Crippen LogP contribution in [0.25, 0.3) is 0 Å². The maximum absolute atomic E-state index is 13.0. The number of carbonyl (C=O) groups excluding carboxylic acids is 2. The molecule has 0 spiro atoms. The van der Waals surface area contributed by atoms with Gasteiger partial charge in [-0.05, 0) is 36.8 Å². The van der Waals surface area contributed by atoms with Gasteiger partial charge in [-0.15, -0.1) is 0 Å². The topological polar surface area (TPSA) is 49.4 Å². The fourth-order valence-corrected chi connectivity index (χ4v) is 2.77. The molecule has 1 N–H and O–H groups in total. The van der Waals surface area contributed by atoms with Gasteiger partial charge in [-0.3, -0.25) is 9.59 Å². The third kappa shape index (κ3) is 3.65. The van der Waals surface area contributed by atoms with Gasteiger partial charge in [-0.25, -0.2) is 0 Å². The Labute approximate surface area is 142 Å². The summed E-state index contributed by atoms with van der Waals surface area (Å²) in [6.45, 7) is 0.570. The van der Waals surface area contributed by atoms with Gasteiger partial charge in [-0.2, -0.15) is 13.2 Å². The van der Waals surface area contributed by atoms with E-state index in [9.17, 15) is 22.8 Å². The quantitative estimate of drug-likeness (QED) is 0.908. The third-order valence-electron chi connectivity index (χ3n) is 3.97. The summed E-state index contributed by atoms with van der Waals surface area (Å²) in [5.41, 5.74) is -0.453. The molecule has 0 saturated carbocycles. The first kappa shape index (κ1) is 17.0. The number of nitrogens with one attached hydrogen (secondary N) is 1. The molecule has 0 bridgehead atoms. The highest BCUT2D eigenvalue weighted by Crippen LogP contribution is 2.34. The molecule has 25 heavy (non-hydrogen) atoms. The Bertz CT molecular complexity index is 818. The largest absolute Gasteiger partial charge is 0.418 e. The highest BCUT2D eigenvalue weighted by Gasteiger charge is 2.33. The first-order valence-corrected chi connectivity index (χ1v) is 7.74. The number of rotatable bonds is 3. The second-order valence-electron chi connectivity index (χ2n) is 5.70. The number of halogens is 3. The van der Waals surface area contributed by atoms with E-state index < -0.39 is 17.6 Å². The second kappa shape index (κ2) is 6.58. The van der Waals surface area contributed by atoms with Crippen LogP contribution in [0.3, 0.4) is 0 Å². The molecule has 1 fully saturated rings. The Morgan fingerprint density at radius 3 is 2.52 bits per heavy atom. The molecule has 1 aliphatic heterocycles. The van der Waals surface area contributed by atoms with E-state index in [1.54, 1.807) is 17.0 Å². The first-order valence-electron chi connectivity index (χ1n) is 7.74. The van der Waals surface area contributed by atoms with Gasteiger partial charge < -0.3 is 10.2 Å². The molecule has 7 heteroatoms. The van der Waals surface area contributed by atoms with Crippen LogP contribution in [0.4, 0.5) is 24.5 Å². The maximum atomic E-state index is 13.0. The van der Waals surface area contributed by atoms with Crippen LogP contribution in [-0.4, -0.2) is 18.4 Å². The predicted molar refractivity (Wildman–Crippen MR) is 87.4 cm³/mol. The summed E-state index contributed by atoms with van der Waals surface area (Å²) in [7, 11) is 0. The Balaban J connectivity index is 1.84. The molecule has 4 nitrogen and oxygen atoms in total. The molecule has 0 radical (unpaired) electrons. The number of amides is 2. The molecule has 3 rings (SSSR count). The lowest BCUT2D eigenvalue weighted by Crippen LogP contribution is -2.24. The number of benzene rings is 2. The second-order valence-corrected chi connectivity index (χ2v) is 5.70. The number of para-hydroxylation sites is 1. The maximum Gasteiger partial charge on any atom is 0.418 e. The van der Waals surface area contributed by atoms with Crippen molar-refractivity contribution in [3.8, 4) is 0 Å². The van der Waals surface area contributed by atoms with Gasteiger partial charge in [0.15, 0.2) is 0 Å². The van der Waals surface area contributed by atoms with Crippen LogP contribution in [-0.2, 0) is 11.0 Å². The van der Waals surface area contributed by atoms with E-state index in [1.165, 1.54) is 30.3 Å². The lowest BCUT2D eigenvalue weighted by Gasteiger charge is -2.17. The van der Waals surface area contributed by atoms with Gasteiger partial charge in [0.05, 0.1) is 11.3 Å². The average molecular weight is 348 g/mol. The third-order valence-corrected chi connectivity index (χ3v) is 3.97. The van der Waals surface area contributed by atoms with Crippen molar-refractivity contribution >= 4 is 23.2 Å². The zero-order valence-corrected chi connectivity index (χ0v) is 13.1. The number of hydrogen-bond acceptors (Lipinski definition) is 2. The Morgan fingerprint density at radius 2 is 1.84 bits per heavy atom. The molecule has 1 heterocycles. The lowest BCUT2D eigenvalue weighted by molar-refractivity contribution is -0.136. The number of hydrogen-bond donors (Lipinski definition) is 1. The Kier molecular flexibility index (Phi) is 4.48. The molecule has 2 amide bonds. The van der Waals surface area contributed by atoms with Crippen LogP contribution in [0.2, 0.25) is 0 Å². The molecule has 0 aromatic heterocycles. The highest BCUT2D eigenvalue weighted by atomic mass is 19.4. The molecule has 1 aliphatic rings. The summed E-state index contributed by atoms with van der Waals surface area (Å²) in [4.78, 5) is 25.7. The van der Waals surface area contributed by atoms with Gasteiger partial charge in [-0.1, -0.05) is 18.2 Å². The Hall–Kier alpha value is -2.83. The summed E-state index contributed by atoms with van der Waals surface area (Å²) < 4.78 is 39.1. The van der Waals surface area contributed by atoms with Gasteiger partial charge in [0.1, 0.15) is 0 Å². The minimum Gasteiger partial charge on any atom is -0.321 e. The highest BCUT2D eigenvalue weighted by molar-refractivity contribution is 6.06. The van der Waals surface area contributed by atoms with Crippen molar-refractivity contribution < 1.29 is 22.8 Å². The van der Waals surface area contributed by atoms with Crippen LogP contribution < -0.4 is 10.2 Å². The molecule has 2 aromatic carbocycles. The smallest absolute Gasteiger partial charge is 0.321 e. The first-order chi connectivity index (χ1) is 11.9. The molecule has 1 saturated heterocycles. The lowest BCUT2D eigenvalue weighted by atomic mass is 10.1. The minimum atomic E-state index is -4.56. The minimum absolute atomic E-state index is 0.0278. The fourth-order valence-electron chi connectivity index (χ4n) is 2.77. The summed E-state index contributed by atoms with van der Waals surface area (Å²) in [6.07, 6.45) is -3.36. The zero-order chi connectivity index (χ0) is 18.0. The van der Waals surface area contributed by atoms with Gasteiger partial charge in [0, 0.05) is 24.2 Å². The fraction of sp³-hybridized carbons (Fsp3) is 0.222. The molecule has 130 valence electrons. The Morgan fingerprint density at radius 1 is 1.08 bits per heavy atom. The van der Waals surface area contributed by atoms with E-state index in [0.717, 1.165) is 12.5 Å². The predicted octanol–water partition coefficient (Wildman–Crippen LogP) is 4.08. The van der Waals surface area contributed by atoms with Gasteiger partial charge in [0.2, 0.25) is 5.91 Å². The SMILES string of the molecule is O=C(Nc1ccccc1C(F)(F)F)c1cccc(N2CCCC2=O)c1. The van der Waals surface area contributed by atoms with Gasteiger partial charge >= 0.3 is 6.18 Å². The van der Waals surface area contributed by atoms with E-state index >= 15 is 0 Å². The van der Waals surface area contributed by atoms with Crippen LogP contribution in [0.15, 0.2) is 48.5 Å². The van der Waals surface area contributed by atoms with Crippen molar-refractivity contribution in [3.05, 3.63) is 59.7 Å². The van der Waals surface area contributed by atoms with E-state index in [2.05, 4.69) is 5.32 Å². The van der Waals surface area contributed by atoms with E-state index in [4.69, 9.17) is 0 Å². The molecule has 2 aromatic rings. The van der Waals surface area contributed by atoms with Crippen LogP contribution in [0.5, 0.6) is 0 Å². The van der Waals surface area contributed by atoms with Crippen molar-refractivity contribution in [1.82, 2.24) is 0 Å². The average Bonchev–Trinajstić information content (AvgIpc) is 3.00. The number of nitrogens with zero attached hydrogens (tertiary/aromatic N) is 1. The molecule has 0 unspecified atom stereocenters. The zero-order valence-electron chi connectivity index (χ0n) is 13.1. The summed E-state index contributed by atoms with van der Waals surface area (Å²) in [5.74, 6) is -0.690. The molecular formula is C18H15F3N2O2. The molecular weight excluding hydrogens is 333 g/mol. The van der Waals surface area contributed by atoms with E-state index in [-0.39, 0.29) is 17.2 Å². The van der Waals surface area contributed by atoms with Crippen molar-refractivity contribution in [2.45, 2.75) is 19.0 Å². The number of anilines is 2. The monoisotopic (exact) mass is 348 g/mol. The summed E-state index contributed by atoms with van der Waals surface area (Å²) >= 11 is 0. The van der Waals surface area contributed by atoms with Crippen molar-refractivity contribution in [2.24, 2.45) is 0 Å². The van der Waals surface area contributed by atoms with Crippen LogP contribution in [0.1, 0.15) is 28.8 Å². The van der Waals surface area contributed by atoms with Crippen LogP contribution >= 0.6 is 0 Å². The number of alkyl halides is 3. The summed E-state index contributed by atoms with van der Waals surface area (Å²) in [6, 6.07) is 11.1. The van der Waals surface area contributed by atoms with Gasteiger partial charge in [0.25, 0.3) is 5.91 Å². The van der Waals surface area contributed by atoms with Crippen LogP contribution in [0, 0.1) is 0 Å². The van der Waals surface area contributed by atoms with E-state index in [0.29, 0.717) is 18.7 Å². The van der Waals surface area contributed by atoms with Crippen molar-refractivity contribution in [1.29, 1.82) is 0 Å². The summed E-state index contributed by atoms with van der Waals surface area (Å²) in [5, 5.41) is 2.30. The van der Waals surface area contributed by atoms with Crippen molar-refractivity contribution in [3.63, 3.8) is 0 Å². The molecule has 0 atom stereocenters.